The predicted octanol–water partition coefficient (Wildman–Crippen LogP) is 5.05. The van der Waals surface area contributed by atoms with Crippen LogP contribution >= 0.6 is 0 Å². The highest BCUT2D eigenvalue weighted by molar-refractivity contribution is 5.78. The van der Waals surface area contributed by atoms with Crippen molar-refractivity contribution in [1.29, 1.82) is 0 Å². The molecule has 1 aliphatic carbocycles. The van der Waals surface area contributed by atoms with Crippen LogP contribution in [-0.4, -0.2) is 6.54 Å². The first kappa shape index (κ1) is 14.6. The minimum absolute atomic E-state index is 0.166. The number of hydrogen-bond donors (Lipinski definition) is 1. The van der Waals surface area contributed by atoms with E-state index in [4.69, 9.17) is 4.42 Å². The van der Waals surface area contributed by atoms with Crippen LogP contribution in [0.5, 0.6) is 0 Å². The van der Waals surface area contributed by atoms with Gasteiger partial charge in [-0.25, -0.2) is 4.39 Å². The normalized spacial score (nSPS) is 22.8. The number of furan rings is 1. The van der Waals surface area contributed by atoms with Crippen LogP contribution in [-0.2, 0) is 0 Å². The Hall–Kier alpha value is -1.35. The van der Waals surface area contributed by atoms with E-state index in [1.165, 1.54) is 25.3 Å². The van der Waals surface area contributed by atoms with Gasteiger partial charge >= 0.3 is 0 Å². The third-order valence-electron chi connectivity index (χ3n) is 4.99. The van der Waals surface area contributed by atoms with Crippen LogP contribution in [0, 0.1) is 17.2 Å². The lowest BCUT2D eigenvalue weighted by molar-refractivity contribution is 0.183. The Balaban J connectivity index is 2.01. The van der Waals surface area contributed by atoms with E-state index in [-0.39, 0.29) is 11.9 Å². The molecule has 1 fully saturated rings. The highest BCUT2D eigenvalue weighted by atomic mass is 19.1. The van der Waals surface area contributed by atoms with Crippen LogP contribution < -0.4 is 5.32 Å². The molecule has 3 heteroatoms. The Bertz CT molecular complexity index is 631. The highest BCUT2D eigenvalue weighted by Crippen LogP contribution is 2.49. The lowest BCUT2D eigenvalue weighted by Gasteiger charge is -2.33. The molecule has 0 saturated heterocycles. The summed E-state index contributed by atoms with van der Waals surface area (Å²) in [4.78, 5) is 0. The Kier molecular flexibility index (Phi) is 3.78. The second-order valence-electron chi connectivity index (χ2n) is 6.83. The number of para-hydroxylation sites is 1. The molecule has 0 amide bonds. The maximum atomic E-state index is 13.9. The Labute approximate surface area is 125 Å². The van der Waals surface area contributed by atoms with Gasteiger partial charge in [0.15, 0.2) is 11.4 Å². The van der Waals surface area contributed by atoms with Gasteiger partial charge in [0.05, 0.1) is 6.04 Å². The van der Waals surface area contributed by atoms with Gasteiger partial charge in [-0.2, -0.15) is 0 Å². The highest BCUT2D eigenvalue weighted by Gasteiger charge is 2.41. The summed E-state index contributed by atoms with van der Waals surface area (Å²) in [6, 6.07) is 7.27. The molecule has 3 rings (SSSR count). The van der Waals surface area contributed by atoms with E-state index in [1.54, 1.807) is 6.07 Å². The molecule has 0 aliphatic heterocycles. The van der Waals surface area contributed by atoms with Crippen LogP contribution in [0.15, 0.2) is 28.7 Å². The number of benzene rings is 1. The van der Waals surface area contributed by atoms with Gasteiger partial charge in [0.25, 0.3) is 0 Å². The van der Waals surface area contributed by atoms with E-state index in [0.717, 1.165) is 17.7 Å². The maximum absolute atomic E-state index is 13.9. The standard InChI is InChI=1S/C18H24FNO/c1-4-20-16(13-8-6-10-18(13,2)3)15-11-12-7-5-9-14(19)17(12)21-15/h5,7,9,11,13,16,20H,4,6,8,10H2,1-3H3. The molecule has 114 valence electrons. The van der Waals surface area contributed by atoms with Gasteiger partial charge in [-0.05, 0) is 42.9 Å². The van der Waals surface area contributed by atoms with Gasteiger partial charge in [-0.1, -0.05) is 39.3 Å². The molecule has 1 heterocycles. The van der Waals surface area contributed by atoms with Crippen LogP contribution in [0.4, 0.5) is 4.39 Å². The number of halogens is 1. The maximum Gasteiger partial charge on any atom is 0.169 e. The van der Waals surface area contributed by atoms with Gasteiger partial charge < -0.3 is 9.73 Å². The van der Waals surface area contributed by atoms with Crippen molar-refractivity contribution in [1.82, 2.24) is 5.32 Å². The first-order chi connectivity index (χ1) is 10.0. The summed E-state index contributed by atoms with van der Waals surface area (Å²) >= 11 is 0. The summed E-state index contributed by atoms with van der Waals surface area (Å²) in [6.45, 7) is 7.66. The quantitative estimate of drug-likeness (QED) is 0.852. The molecule has 1 saturated carbocycles. The van der Waals surface area contributed by atoms with Crippen LogP contribution in [0.1, 0.15) is 51.8 Å². The smallest absolute Gasteiger partial charge is 0.169 e. The molecular weight excluding hydrogens is 265 g/mol. The first-order valence-corrected chi connectivity index (χ1v) is 7.94. The number of fused-ring (bicyclic) bond motifs is 1. The van der Waals surface area contributed by atoms with Crippen molar-refractivity contribution >= 4 is 11.0 Å². The molecule has 0 spiro atoms. The summed E-state index contributed by atoms with van der Waals surface area (Å²) in [5.41, 5.74) is 0.677. The van der Waals surface area contributed by atoms with E-state index in [9.17, 15) is 4.39 Å². The van der Waals surface area contributed by atoms with Gasteiger partial charge in [0.2, 0.25) is 0 Å². The van der Waals surface area contributed by atoms with Crippen molar-refractivity contribution in [2.45, 2.75) is 46.1 Å². The van der Waals surface area contributed by atoms with E-state index >= 15 is 0 Å². The molecule has 1 aromatic heterocycles. The molecule has 2 nitrogen and oxygen atoms in total. The Morgan fingerprint density at radius 3 is 2.86 bits per heavy atom. The lowest BCUT2D eigenvalue weighted by Crippen LogP contribution is -2.33. The lowest BCUT2D eigenvalue weighted by atomic mass is 9.76. The van der Waals surface area contributed by atoms with E-state index < -0.39 is 0 Å². The van der Waals surface area contributed by atoms with Gasteiger partial charge in [-0.15, -0.1) is 0 Å². The largest absolute Gasteiger partial charge is 0.456 e. The van der Waals surface area contributed by atoms with Crippen molar-refractivity contribution in [3.8, 4) is 0 Å². The second kappa shape index (κ2) is 5.45. The predicted molar refractivity (Wildman–Crippen MR) is 83.7 cm³/mol. The summed E-state index contributed by atoms with van der Waals surface area (Å²) < 4.78 is 19.7. The molecule has 21 heavy (non-hydrogen) atoms. The molecular formula is C18H24FNO. The summed E-state index contributed by atoms with van der Waals surface area (Å²) in [7, 11) is 0. The average molecular weight is 289 g/mol. The third kappa shape index (κ3) is 2.59. The van der Waals surface area contributed by atoms with E-state index in [1.807, 2.05) is 12.1 Å². The Morgan fingerprint density at radius 2 is 2.24 bits per heavy atom. The monoisotopic (exact) mass is 289 g/mol. The molecule has 1 N–H and O–H groups in total. The van der Waals surface area contributed by atoms with Crippen molar-refractivity contribution in [3.05, 3.63) is 35.8 Å². The fourth-order valence-corrected chi connectivity index (χ4v) is 3.83. The van der Waals surface area contributed by atoms with Crippen molar-refractivity contribution in [2.24, 2.45) is 11.3 Å². The number of hydrogen-bond acceptors (Lipinski definition) is 2. The first-order valence-electron chi connectivity index (χ1n) is 7.94. The fourth-order valence-electron chi connectivity index (χ4n) is 3.83. The van der Waals surface area contributed by atoms with Gasteiger partial charge in [0.1, 0.15) is 5.76 Å². The number of nitrogens with one attached hydrogen (secondary N) is 1. The molecule has 2 aromatic rings. The van der Waals surface area contributed by atoms with E-state index in [2.05, 4.69) is 26.1 Å². The minimum atomic E-state index is -0.278. The van der Waals surface area contributed by atoms with Gasteiger partial charge in [0, 0.05) is 5.39 Å². The van der Waals surface area contributed by atoms with Crippen molar-refractivity contribution in [3.63, 3.8) is 0 Å². The van der Waals surface area contributed by atoms with Crippen molar-refractivity contribution < 1.29 is 8.81 Å². The minimum Gasteiger partial charge on any atom is -0.456 e. The van der Waals surface area contributed by atoms with Gasteiger partial charge in [-0.3, -0.25) is 0 Å². The second-order valence-corrected chi connectivity index (χ2v) is 6.83. The molecule has 2 unspecified atom stereocenters. The number of rotatable bonds is 4. The SMILES string of the molecule is CCNC(c1cc2cccc(F)c2o1)C1CCCC1(C)C. The zero-order valence-electron chi connectivity index (χ0n) is 13.1. The van der Waals surface area contributed by atoms with Crippen LogP contribution in [0.2, 0.25) is 0 Å². The fraction of sp³-hybridized carbons (Fsp3) is 0.556. The molecule has 1 aromatic carbocycles. The summed E-state index contributed by atoms with van der Waals surface area (Å²) in [5, 5.41) is 4.41. The van der Waals surface area contributed by atoms with Crippen LogP contribution in [0.3, 0.4) is 0 Å². The summed E-state index contributed by atoms with van der Waals surface area (Å²) in [5.74, 6) is 1.12. The third-order valence-corrected chi connectivity index (χ3v) is 4.99. The molecule has 1 aliphatic rings. The molecule has 0 radical (unpaired) electrons. The van der Waals surface area contributed by atoms with E-state index in [0.29, 0.717) is 16.9 Å². The Morgan fingerprint density at radius 1 is 1.43 bits per heavy atom. The topological polar surface area (TPSA) is 25.2 Å². The zero-order chi connectivity index (χ0) is 15.0. The van der Waals surface area contributed by atoms with Crippen LogP contribution in [0.25, 0.3) is 11.0 Å². The molecule has 2 atom stereocenters. The molecule has 0 bridgehead atoms. The average Bonchev–Trinajstić information content (AvgIpc) is 3.00. The summed E-state index contributed by atoms with van der Waals surface area (Å²) in [6.07, 6.45) is 3.70. The van der Waals surface area contributed by atoms with Crippen molar-refractivity contribution in [2.75, 3.05) is 6.54 Å². The zero-order valence-corrected chi connectivity index (χ0v) is 13.1.